The van der Waals surface area contributed by atoms with E-state index >= 15 is 0 Å². The first-order valence-corrected chi connectivity index (χ1v) is 6.37. The average molecular weight is 261 g/mol. The third kappa shape index (κ3) is 2.00. The maximum atomic E-state index is 12.5. The molecule has 3 rings (SSSR count). The SMILES string of the molecule is O=C(O)C1COCCN1C(=O)C1Cc2ccccc21. The van der Waals surface area contributed by atoms with E-state index < -0.39 is 12.0 Å². The van der Waals surface area contributed by atoms with E-state index in [1.807, 2.05) is 24.3 Å². The molecule has 1 aromatic carbocycles. The molecule has 1 aliphatic carbocycles. The van der Waals surface area contributed by atoms with Crippen LogP contribution in [0.15, 0.2) is 24.3 Å². The molecule has 1 N–H and O–H groups in total. The Morgan fingerprint density at radius 1 is 1.32 bits per heavy atom. The average Bonchev–Trinajstić information content (AvgIpc) is 2.40. The number of carboxylic acids is 1. The normalized spacial score (nSPS) is 25.4. The molecule has 1 saturated heterocycles. The van der Waals surface area contributed by atoms with Gasteiger partial charge in [0.05, 0.1) is 19.1 Å². The van der Waals surface area contributed by atoms with E-state index in [0.29, 0.717) is 19.6 Å². The molecule has 100 valence electrons. The summed E-state index contributed by atoms with van der Waals surface area (Å²) in [6, 6.07) is 6.96. The van der Waals surface area contributed by atoms with Crippen molar-refractivity contribution in [1.29, 1.82) is 0 Å². The van der Waals surface area contributed by atoms with Gasteiger partial charge in [0.1, 0.15) is 0 Å². The molecular formula is C14H15NO4. The van der Waals surface area contributed by atoms with Gasteiger partial charge in [0.2, 0.25) is 5.91 Å². The summed E-state index contributed by atoms with van der Waals surface area (Å²) in [5.41, 5.74) is 2.21. The van der Waals surface area contributed by atoms with Crippen LogP contribution in [0.5, 0.6) is 0 Å². The van der Waals surface area contributed by atoms with E-state index in [-0.39, 0.29) is 18.4 Å². The van der Waals surface area contributed by atoms with Gasteiger partial charge >= 0.3 is 5.97 Å². The number of hydrogen-bond donors (Lipinski definition) is 1. The fourth-order valence-corrected chi connectivity index (χ4v) is 2.75. The highest BCUT2D eigenvalue weighted by Crippen LogP contribution is 2.36. The van der Waals surface area contributed by atoms with Gasteiger partial charge < -0.3 is 14.7 Å². The van der Waals surface area contributed by atoms with E-state index in [4.69, 9.17) is 9.84 Å². The number of carbonyl (C=O) groups excluding carboxylic acids is 1. The Bertz CT molecular complexity index is 528. The number of carboxylic acid groups (broad SMARTS) is 1. The third-order valence-electron chi connectivity index (χ3n) is 3.85. The summed E-state index contributed by atoms with van der Waals surface area (Å²) in [6.45, 7) is 0.841. The zero-order valence-corrected chi connectivity index (χ0v) is 10.4. The highest BCUT2D eigenvalue weighted by molar-refractivity contribution is 5.90. The van der Waals surface area contributed by atoms with Crippen molar-refractivity contribution in [1.82, 2.24) is 4.90 Å². The van der Waals surface area contributed by atoms with Gasteiger partial charge in [0.15, 0.2) is 6.04 Å². The highest BCUT2D eigenvalue weighted by atomic mass is 16.5. The molecule has 0 bridgehead atoms. The summed E-state index contributed by atoms with van der Waals surface area (Å²) < 4.78 is 5.15. The number of rotatable bonds is 2. The molecule has 5 nitrogen and oxygen atoms in total. The Balaban J connectivity index is 1.79. The van der Waals surface area contributed by atoms with Crippen molar-refractivity contribution in [3.8, 4) is 0 Å². The Hall–Kier alpha value is -1.88. The lowest BCUT2D eigenvalue weighted by atomic mass is 9.76. The Morgan fingerprint density at radius 3 is 2.84 bits per heavy atom. The number of nitrogens with zero attached hydrogens (tertiary/aromatic N) is 1. The summed E-state index contributed by atoms with van der Waals surface area (Å²) in [5, 5.41) is 9.15. The van der Waals surface area contributed by atoms with Gasteiger partial charge in [-0.05, 0) is 17.5 Å². The number of fused-ring (bicyclic) bond motifs is 1. The van der Waals surface area contributed by atoms with Crippen LogP contribution in [0.1, 0.15) is 17.0 Å². The van der Waals surface area contributed by atoms with Crippen molar-refractivity contribution in [2.75, 3.05) is 19.8 Å². The lowest BCUT2D eigenvalue weighted by Crippen LogP contribution is -2.54. The first-order valence-electron chi connectivity index (χ1n) is 6.37. The number of morpholine rings is 1. The molecule has 19 heavy (non-hydrogen) atoms. The molecule has 0 spiro atoms. The van der Waals surface area contributed by atoms with Crippen LogP contribution in [-0.4, -0.2) is 47.7 Å². The lowest BCUT2D eigenvalue weighted by molar-refractivity contribution is -0.159. The second kappa shape index (κ2) is 4.66. The van der Waals surface area contributed by atoms with Crippen molar-refractivity contribution in [2.45, 2.75) is 18.4 Å². The molecule has 2 aliphatic rings. The van der Waals surface area contributed by atoms with Crippen LogP contribution in [0.3, 0.4) is 0 Å². The maximum Gasteiger partial charge on any atom is 0.328 e. The number of carbonyl (C=O) groups is 2. The molecule has 1 aliphatic heterocycles. The van der Waals surface area contributed by atoms with Crippen LogP contribution >= 0.6 is 0 Å². The van der Waals surface area contributed by atoms with Crippen molar-refractivity contribution in [3.63, 3.8) is 0 Å². The fourth-order valence-electron chi connectivity index (χ4n) is 2.75. The largest absolute Gasteiger partial charge is 0.480 e. The minimum atomic E-state index is -0.999. The van der Waals surface area contributed by atoms with E-state index in [0.717, 1.165) is 5.56 Å². The summed E-state index contributed by atoms with van der Waals surface area (Å²) >= 11 is 0. The molecule has 0 radical (unpaired) electrons. The van der Waals surface area contributed by atoms with Crippen LogP contribution in [-0.2, 0) is 20.7 Å². The molecule has 0 aromatic heterocycles. The van der Waals surface area contributed by atoms with Crippen molar-refractivity contribution < 1.29 is 19.4 Å². The van der Waals surface area contributed by atoms with Gasteiger partial charge in [-0.1, -0.05) is 24.3 Å². The quantitative estimate of drug-likeness (QED) is 0.848. The minimum Gasteiger partial charge on any atom is -0.480 e. The number of hydrogen-bond acceptors (Lipinski definition) is 3. The van der Waals surface area contributed by atoms with Crippen molar-refractivity contribution >= 4 is 11.9 Å². The molecule has 1 amide bonds. The smallest absolute Gasteiger partial charge is 0.328 e. The molecule has 1 heterocycles. The van der Waals surface area contributed by atoms with Gasteiger partial charge in [0, 0.05) is 6.54 Å². The van der Waals surface area contributed by atoms with Gasteiger partial charge in [-0.3, -0.25) is 4.79 Å². The first-order chi connectivity index (χ1) is 9.18. The molecule has 1 aromatic rings. The van der Waals surface area contributed by atoms with Gasteiger partial charge in [-0.15, -0.1) is 0 Å². The van der Waals surface area contributed by atoms with E-state index in [1.54, 1.807) is 0 Å². The lowest BCUT2D eigenvalue weighted by Gasteiger charge is -2.38. The van der Waals surface area contributed by atoms with Gasteiger partial charge in [0.25, 0.3) is 0 Å². The first kappa shape index (κ1) is 12.2. The molecule has 1 fully saturated rings. The predicted molar refractivity (Wildman–Crippen MR) is 66.8 cm³/mol. The standard InChI is InChI=1S/C14H15NO4/c16-13(11-7-9-3-1-2-4-10(9)11)15-5-6-19-8-12(15)14(17)18/h1-4,11-12H,5-8H2,(H,17,18). The third-order valence-corrected chi connectivity index (χ3v) is 3.85. The minimum absolute atomic E-state index is 0.0788. The Labute approximate surface area is 110 Å². The van der Waals surface area contributed by atoms with Crippen molar-refractivity contribution in [3.05, 3.63) is 35.4 Å². The zero-order valence-electron chi connectivity index (χ0n) is 10.4. The van der Waals surface area contributed by atoms with Crippen molar-refractivity contribution in [2.24, 2.45) is 0 Å². The van der Waals surface area contributed by atoms with Crippen LogP contribution in [0.2, 0.25) is 0 Å². The van der Waals surface area contributed by atoms with Gasteiger partial charge in [-0.2, -0.15) is 0 Å². The number of aliphatic carboxylic acids is 1. The zero-order chi connectivity index (χ0) is 13.4. The number of amides is 1. The van der Waals surface area contributed by atoms with Crippen LogP contribution < -0.4 is 0 Å². The van der Waals surface area contributed by atoms with E-state index in [9.17, 15) is 9.59 Å². The topological polar surface area (TPSA) is 66.8 Å². The van der Waals surface area contributed by atoms with E-state index in [2.05, 4.69) is 0 Å². The highest BCUT2D eigenvalue weighted by Gasteiger charge is 2.40. The Morgan fingerprint density at radius 2 is 2.11 bits per heavy atom. The molecule has 5 heteroatoms. The molecule has 2 atom stereocenters. The van der Waals surface area contributed by atoms with Crippen LogP contribution in [0.25, 0.3) is 0 Å². The molecule has 0 saturated carbocycles. The summed E-state index contributed by atoms with van der Waals surface area (Å²) in [7, 11) is 0. The molecule has 2 unspecified atom stereocenters. The predicted octanol–water partition coefficient (Wildman–Crippen LogP) is 0.638. The number of benzene rings is 1. The van der Waals surface area contributed by atoms with Crippen LogP contribution in [0, 0.1) is 0 Å². The van der Waals surface area contributed by atoms with Crippen LogP contribution in [0.4, 0.5) is 0 Å². The summed E-state index contributed by atoms with van der Waals surface area (Å²) in [4.78, 5) is 25.1. The second-order valence-corrected chi connectivity index (χ2v) is 4.92. The Kier molecular flexibility index (Phi) is 2.98. The monoisotopic (exact) mass is 261 g/mol. The van der Waals surface area contributed by atoms with E-state index in [1.165, 1.54) is 10.5 Å². The molecular weight excluding hydrogens is 246 g/mol. The van der Waals surface area contributed by atoms with Gasteiger partial charge in [-0.25, -0.2) is 4.79 Å². The number of ether oxygens (including phenoxy) is 1. The summed E-state index contributed by atoms with van der Waals surface area (Å²) in [6.07, 6.45) is 0.707. The second-order valence-electron chi connectivity index (χ2n) is 4.92. The summed E-state index contributed by atoms with van der Waals surface area (Å²) in [5.74, 6) is -1.27. The maximum absolute atomic E-state index is 12.5. The fraction of sp³-hybridized carbons (Fsp3) is 0.429.